The van der Waals surface area contributed by atoms with Gasteiger partial charge in [0.2, 0.25) is 0 Å². The van der Waals surface area contributed by atoms with Crippen LogP contribution >= 0.6 is 0 Å². The number of unbranched alkanes of at least 4 members (excludes halogenated alkanes) is 1. The van der Waals surface area contributed by atoms with Crippen LogP contribution in [0.4, 0.5) is 0 Å². The lowest BCUT2D eigenvalue weighted by molar-refractivity contribution is -0.899. The molecule has 0 aromatic heterocycles. The number of likely N-dealkylation sites (tertiary alicyclic amines) is 1. The Bertz CT molecular complexity index is 369. The molecule has 1 fully saturated rings. The molecule has 1 N–H and O–H groups in total. The number of hydrogen-bond acceptors (Lipinski definition) is 1. The van der Waals surface area contributed by atoms with Crippen molar-refractivity contribution >= 4 is 0 Å². The number of ether oxygens (including phenoxy) is 1. The van der Waals surface area contributed by atoms with E-state index in [4.69, 9.17) is 4.74 Å². The zero-order chi connectivity index (χ0) is 14.0. The molecule has 0 unspecified atom stereocenters. The van der Waals surface area contributed by atoms with Crippen LogP contribution in [-0.4, -0.2) is 26.2 Å². The van der Waals surface area contributed by atoms with Crippen LogP contribution in [-0.2, 0) is 6.42 Å². The molecule has 0 radical (unpaired) electrons. The van der Waals surface area contributed by atoms with Gasteiger partial charge in [-0.05, 0) is 62.6 Å². The van der Waals surface area contributed by atoms with Gasteiger partial charge in [0.1, 0.15) is 5.75 Å². The molecule has 0 spiro atoms. The highest BCUT2D eigenvalue weighted by atomic mass is 16.5. The van der Waals surface area contributed by atoms with Gasteiger partial charge in [0.25, 0.3) is 0 Å². The SMILES string of the molecule is CCc1cccc(OCCCC[NH+]2CCCCCC2)c1. The highest BCUT2D eigenvalue weighted by Crippen LogP contribution is 2.13. The molecule has 2 heteroatoms. The first-order valence-corrected chi connectivity index (χ1v) is 8.44. The summed E-state index contributed by atoms with van der Waals surface area (Å²) < 4.78 is 5.85. The van der Waals surface area contributed by atoms with E-state index in [0.717, 1.165) is 18.8 Å². The van der Waals surface area contributed by atoms with Crippen molar-refractivity contribution in [1.82, 2.24) is 0 Å². The molecule has 1 aliphatic rings. The average Bonchev–Trinajstić information content (AvgIpc) is 2.76. The summed E-state index contributed by atoms with van der Waals surface area (Å²) >= 11 is 0. The van der Waals surface area contributed by atoms with Crippen LogP contribution in [0.2, 0.25) is 0 Å². The Kier molecular flexibility index (Phi) is 6.93. The minimum Gasteiger partial charge on any atom is -0.494 e. The van der Waals surface area contributed by atoms with Crippen molar-refractivity contribution in [2.24, 2.45) is 0 Å². The van der Waals surface area contributed by atoms with Gasteiger partial charge in [-0.1, -0.05) is 19.1 Å². The normalized spacial score (nSPS) is 16.9. The fourth-order valence-corrected chi connectivity index (χ4v) is 3.00. The molecule has 1 heterocycles. The minimum absolute atomic E-state index is 0.862. The number of nitrogens with one attached hydrogen (secondary N) is 1. The maximum absolute atomic E-state index is 5.85. The van der Waals surface area contributed by atoms with Crippen LogP contribution in [0.1, 0.15) is 51.0 Å². The summed E-state index contributed by atoms with van der Waals surface area (Å²) in [5.74, 6) is 1.03. The van der Waals surface area contributed by atoms with Gasteiger partial charge >= 0.3 is 0 Å². The van der Waals surface area contributed by atoms with E-state index in [2.05, 4.69) is 31.2 Å². The van der Waals surface area contributed by atoms with E-state index >= 15 is 0 Å². The van der Waals surface area contributed by atoms with Gasteiger partial charge < -0.3 is 9.64 Å². The van der Waals surface area contributed by atoms with Gasteiger partial charge in [-0.15, -0.1) is 0 Å². The Balaban J connectivity index is 1.58. The molecule has 0 bridgehead atoms. The topological polar surface area (TPSA) is 13.7 Å². The number of rotatable bonds is 7. The lowest BCUT2D eigenvalue weighted by atomic mass is 10.2. The standard InChI is InChI=1S/C18H29NO/c1-2-17-10-9-11-18(16-17)20-15-8-7-14-19-12-5-3-4-6-13-19/h9-11,16H,2-8,12-15H2,1H3/p+1. The fraction of sp³-hybridized carbons (Fsp3) is 0.667. The number of hydrogen-bond donors (Lipinski definition) is 1. The Morgan fingerprint density at radius 2 is 1.85 bits per heavy atom. The van der Waals surface area contributed by atoms with Crippen LogP contribution in [0, 0.1) is 0 Å². The summed E-state index contributed by atoms with van der Waals surface area (Å²) in [6.45, 7) is 7.15. The van der Waals surface area contributed by atoms with E-state index in [1.165, 1.54) is 63.7 Å². The monoisotopic (exact) mass is 276 g/mol. The van der Waals surface area contributed by atoms with Gasteiger partial charge in [-0.25, -0.2) is 0 Å². The first-order chi connectivity index (χ1) is 9.88. The van der Waals surface area contributed by atoms with E-state index in [9.17, 15) is 0 Å². The Hall–Kier alpha value is -1.02. The molecule has 112 valence electrons. The van der Waals surface area contributed by atoms with Gasteiger partial charge in [0.15, 0.2) is 0 Å². The van der Waals surface area contributed by atoms with Crippen molar-refractivity contribution in [3.63, 3.8) is 0 Å². The van der Waals surface area contributed by atoms with Crippen LogP contribution in [0.3, 0.4) is 0 Å². The molecule has 1 aromatic rings. The average molecular weight is 276 g/mol. The first-order valence-electron chi connectivity index (χ1n) is 8.44. The zero-order valence-corrected chi connectivity index (χ0v) is 13.0. The quantitative estimate of drug-likeness (QED) is 0.756. The maximum Gasteiger partial charge on any atom is 0.119 e. The van der Waals surface area contributed by atoms with E-state index in [0.29, 0.717) is 0 Å². The summed E-state index contributed by atoms with van der Waals surface area (Å²) in [7, 11) is 0. The van der Waals surface area contributed by atoms with Crippen molar-refractivity contribution in [2.75, 3.05) is 26.2 Å². The van der Waals surface area contributed by atoms with E-state index in [1.54, 1.807) is 0 Å². The smallest absolute Gasteiger partial charge is 0.119 e. The van der Waals surface area contributed by atoms with Gasteiger partial charge in [0, 0.05) is 0 Å². The fourth-order valence-electron chi connectivity index (χ4n) is 3.00. The van der Waals surface area contributed by atoms with Crippen molar-refractivity contribution in [1.29, 1.82) is 0 Å². The highest BCUT2D eigenvalue weighted by molar-refractivity contribution is 5.28. The third kappa shape index (κ3) is 5.54. The van der Waals surface area contributed by atoms with Crippen LogP contribution in [0.25, 0.3) is 0 Å². The lowest BCUT2D eigenvalue weighted by Crippen LogP contribution is -3.11. The van der Waals surface area contributed by atoms with Crippen LogP contribution < -0.4 is 9.64 Å². The summed E-state index contributed by atoms with van der Waals surface area (Å²) in [5, 5.41) is 0. The second-order valence-electron chi connectivity index (χ2n) is 5.97. The third-order valence-corrected chi connectivity index (χ3v) is 4.31. The van der Waals surface area contributed by atoms with E-state index in [-0.39, 0.29) is 0 Å². The molecule has 2 rings (SSSR count). The lowest BCUT2D eigenvalue weighted by Gasteiger charge is -2.16. The van der Waals surface area contributed by atoms with Crippen molar-refractivity contribution in [2.45, 2.75) is 51.9 Å². The summed E-state index contributed by atoms with van der Waals surface area (Å²) in [5.41, 5.74) is 1.36. The number of quaternary nitrogens is 1. The summed E-state index contributed by atoms with van der Waals surface area (Å²) in [6.07, 6.45) is 9.30. The van der Waals surface area contributed by atoms with Gasteiger partial charge in [-0.2, -0.15) is 0 Å². The van der Waals surface area contributed by atoms with Crippen LogP contribution in [0.5, 0.6) is 5.75 Å². The van der Waals surface area contributed by atoms with E-state index in [1.807, 2.05) is 4.90 Å². The van der Waals surface area contributed by atoms with Crippen molar-refractivity contribution < 1.29 is 9.64 Å². The molecule has 0 saturated carbocycles. The number of benzene rings is 1. The maximum atomic E-state index is 5.85. The molecule has 1 aromatic carbocycles. The molecule has 1 aliphatic heterocycles. The molecule has 2 nitrogen and oxygen atoms in total. The molecular formula is C18H30NO+. The second-order valence-corrected chi connectivity index (χ2v) is 5.97. The summed E-state index contributed by atoms with van der Waals surface area (Å²) in [6, 6.07) is 8.49. The van der Waals surface area contributed by atoms with Gasteiger partial charge in [-0.3, -0.25) is 0 Å². The highest BCUT2D eigenvalue weighted by Gasteiger charge is 2.11. The molecule has 20 heavy (non-hydrogen) atoms. The minimum atomic E-state index is 0.862. The molecule has 1 saturated heterocycles. The predicted molar refractivity (Wildman–Crippen MR) is 84.6 cm³/mol. The van der Waals surface area contributed by atoms with Crippen LogP contribution in [0.15, 0.2) is 24.3 Å². The van der Waals surface area contributed by atoms with Crippen molar-refractivity contribution in [3.05, 3.63) is 29.8 Å². The van der Waals surface area contributed by atoms with Gasteiger partial charge in [0.05, 0.1) is 26.2 Å². The Labute approximate surface area is 124 Å². The Morgan fingerprint density at radius 1 is 1.05 bits per heavy atom. The predicted octanol–water partition coefficient (Wildman–Crippen LogP) is 2.87. The van der Waals surface area contributed by atoms with Crippen molar-refractivity contribution in [3.8, 4) is 5.75 Å². The molecular weight excluding hydrogens is 246 g/mol. The summed E-state index contributed by atoms with van der Waals surface area (Å²) in [4.78, 5) is 1.82. The third-order valence-electron chi connectivity index (χ3n) is 4.31. The van der Waals surface area contributed by atoms with E-state index < -0.39 is 0 Å². The second kappa shape index (κ2) is 9.02. The first kappa shape index (κ1) is 15.4. The largest absolute Gasteiger partial charge is 0.494 e. The Morgan fingerprint density at radius 3 is 2.60 bits per heavy atom. The molecule has 0 aliphatic carbocycles. The molecule has 0 amide bonds. The molecule has 0 atom stereocenters. The zero-order valence-electron chi connectivity index (χ0n) is 13.0. The number of aryl methyl sites for hydroxylation is 1.